The molecule has 0 N–H and O–H groups in total. The highest BCUT2D eigenvalue weighted by Crippen LogP contribution is 2.10. The van der Waals surface area contributed by atoms with Crippen molar-refractivity contribution in [3.05, 3.63) is 0 Å². The molecular weight excluding hydrogens is 228 g/mol. The Morgan fingerprint density at radius 1 is 0.833 bits per heavy atom. The Hall–Kier alpha value is -0.570. The summed E-state index contributed by atoms with van der Waals surface area (Å²) in [7, 11) is 1.76. The lowest BCUT2D eigenvalue weighted by molar-refractivity contribution is -0.143. The van der Waals surface area contributed by atoms with Crippen LogP contribution in [-0.2, 0) is 14.3 Å². The van der Waals surface area contributed by atoms with Crippen LogP contribution < -0.4 is 0 Å². The van der Waals surface area contributed by atoms with E-state index in [0.717, 1.165) is 19.4 Å². The summed E-state index contributed by atoms with van der Waals surface area (Å²) in [6.07, 6.45) is 11.7. The van der Waals surface area contributed by atoms with Crippen molar-refractivity contribution in [2.45, 2.75) is 71.1 Å². The van der Waals surface area contributed by atoms with E-state index >= 15 is 0 Å². The molecule has 0 aromatic heterocycles. The van der Waals surface area contributed by atoms with E-state index in [1.807, 2.05) is 6.92 Å². The van der Waals surface area contributed by atoms with Crippen LogP contribution in [0.3, 0.4) is 0 Å². The molecular formula is C15H30O3. The maximum absolute atomic E-state index is 11.1. The molecule has 0 radical (unpaired) electrons. The number of esters is 1. The normalized spacial score (nSPS) is 10.6. The van der Waals surface area contributed by atoms with Crippen LogP contribution in [0.1, 0.15) is 71.1 Å². The predicted molar refractivity (Wildman–Crippen MR) is 74.7 cm³/mol. The Morgan fingerprint density at radius 3 is 1.83 bits per heavy atom. The Kier molecular flexibility index (Phi) is 14.0. The zero-order valence-electron chi connectivity index (χ0n) is 12.2. The summed E-state index contributed by atoms with van der Waals surface area (Å²) in [6.45, 7) is 3.25. The van der Waals surface area contributed by atoms with Gasteiger partial charge in [0.1, 0.15) is 0 Å². The lowest BCUT2D eigenvalue weighted by Crippen LogP contribution is -2.03. The van der Waals surface area contributed by atoms with Gasteiger partial charge in [0.2, 0.25) is 0 Å². The molecule has 0 bridgehead atoms. The molecule has 0 saturated carbocycles. The lowest BCUT2D eigenvalue weighted by Gasteiger charge is -2.03. The van der Waals surface area contributed by atoms with Gasteiger partial charge in [-0.1, -0.05) is 44.9 Å². The third kappa shape index (κ3) is 13.5. The molecule has 0 fully saturated rings. The first-order valence-electron chi connectivity index (χ1n) is 7.45. The van der Waals surface area contributed by atoms with Crippen molar-refractivity contribution in [1.82, 2.24) is 0 Å². The van der Waals surface area contributed by atoms with Crippen molar-refractivity contribution in [3.63, 3.8) is 0 Å². The fourth-order valence-electron chi connectivity index (χ4n) is 1.99. The fraction of sp³-hybridized carbons (Fsp3) is 0.933. The van der Waals surface area contributed by atoms with Crippen molar-refractivity contribution in [3.8, 4) is 0 Å². The highest BCUT2D eigenvalue weighted by Gasteiger charge is 2.00. The smallest absolute Gasteiger partial charge is 0.305 e. The van der Waals surface area contributed by atoms with E-state index in [1.54, 1.807) is 7.11 Å². The maximum Gasteiger partial charge on any atom is 0.305 e. The van der Waals surface area contributed by atoms with E-state index in [9.17, 15) is 4.79 Å². The topological polar surface area (TPSA) is 35.5 Å². The third-order valence-corrected chi connectivity index (χ3v) is 3.03. The van der Waals surface area contributed by atoms with E-state index < -0.39 is 0 Å². The van der Waals surface area contributed by atoms with E-state index in [1.165, 1.54) is 44.9 Å². The molecule has 0 aliphatic heterocycles. The Labute approximate surface area is 112 Å². The van der Waals surface area contributed by atoms with Crippen LogP contribution in [0.25, 0.3) is 0 Å². The molecule has 3 nitrogen and oxygen atoms in total. The van der Waals surface area contributed by atoms with Crippen LogP contribution in [0.2, 0.25) is 0 Å². The average molecular weight is 258 g/mol. The van der Waals surface area contributed by atoms with Crippen LogP contribution in [0.5, 0.6) is 0 Å². The van der Waals surface area contributed by atoms with Gasteiger partial charge in [-0.05, 0) is 19.8 Å². The molecule has 0 aliphatic carbocycles. The van der Waals surface area contributed by atoms with Gasteiger partial charge in [0.25, 0.3) is 0 Å². The van der Waals surface area contributed by atoms with Crippen molar-refractivity contribution in [2.75, 3.05) is 20.3 Å². The average Bonchev–Trinajstić information content (AvgIpc) is 2.36. The van der Waals surface area contributed by atoms with Crippen LogP contribution in [-0.4, -0.2) is 26.3 Å². The maximum atomic E-state index is 11.1. The second-order valence-electron chi connectivity index (χ2n) is 4.73. The molecule has 108 valence electrons. The highest BCUT2D eigenvalue weighted by atomic mass is 16.5. The first-order valence-corrected chi connectivity index (χ1v) is 7.45. The van der Waals surface area contributed by atoms with E-state index in [2.05, 4.69) is 0 Å². The number of ether oxygens (including phenoxy) is 2. The Morgan fingerprint density at radius 2 is 1.33 bits per heavy atom. The minimum absolute atomic E-state index is 0.0457. The van der Waals surface area contributed by atoms with Crippen molar-refractivity contribution in [1.29, 1.82) is 0 Å². The number of methoxy groups -OCH3 is 1. The van der Waals surface area contributed by atoms with Crippen LogP contribution in [0.15, 0.2) is 0 Å². The van der Waals surface area contributed by atoms with E-state index in [4.69, 9.17) is 9.47 Å². The summed E-state index contributed by atoms with van der Waals surface area (Å²) >= 11 is 0. The fourth-order valence-corrected chi connectivity index (χ4v) is 1.99. The largest absolute Gasteiger partial charge is 0.466 e. The number of hydrogen-bond donors (Lipinski definition) is 0. The molecule has 0 aromatic rings. The van der Waals surface area contributed by atoms with Gasteiger partial charge in [0.15, 0.2) is 0 Å². The minimum atomic E-state index is -0.0457. The van der Waals surface area contributed by atoms with E-state index in [0.29, 0.717) is 13.0 Å². The molecule has 0 spiro atoms. The second kappa shape index (κ2) is 14.5. The van der Waals surface area contributed by atoms with Gasteiger partial charge >= 0.3 is 5.97 Å². The van der Waals surface area contributed by atoms with Gasteiger partial charge in [-0.3, -0.25) is 4.79 Å². The number of hydrogen-bond acceptors (Lipinski definition) is 3. The summed E-state index contributed by atoms with van der Waals surface area (Å²) in [5, 5.41) is 0. The predicted octanol–water partition coefficient (Wildman–Crippen LogP) is 4.10. The molecule has 0 atom stereocenters. The summed E-state index contributed by atoms with van der Waals surface area (Å²) in [4.78, 5) is 11.1. The zero-order chi connectivity index (χ0) is 13.5. The monoisotopic (exact) mass is 258 g/mol. The molecule has 0 saturated heterocycles. The van der Waals surface area contributed by atoms with Gasteiger partial charge in [-0.15, -0.1) is 0 Å². The SMILES string of the molecule is CCOC(=O)CCCCCCCCCCCOC. The minimum Gasteiger partial charge on any atom is -0.466 e. The molecule has 18 heavy (non-hydrogen) atoms. The first-order chi connectivity index (χ1) is 8.81. The van der Waals surface area contributed by atoms with Crippen LogP contribution in [0, 0.1) is 0 Å². The van der Waals surface area contributed by atoms with Crippen LogP contribution >= 0.6 is 0 Å². The quantitative estimate of drug-likeness (QED) is 0.368. The van der Waals surface area contributed by atoms with Gasteiger partial charge in [-0.2, -0.15) is 0 Å². The Bertz CT molecular complexity index is 181. The third-order valence-electron chi connectivity index (χ3n) is 3.03. The number of unbranched alkanes of at least 4 members (excludes halogenated alkanes) is 8. The molecule has 0 aromatic carbocycles. The first kappa shape index (κ1) is 17.4. The number of rotatable bonds is 13. The number of carbonyl (C=O) groups is 1. The molecule has 0 amide bonds. The zero-order valence-corrected chi connectivity index (χ0v) is 12.2. The van der Waals surface area contributed by atoms with Crippen molar-refractivity contribution >= 4 is 5.97 Å². The standard InChI is InChI=1S/C15H30O3/c1-3-18-15(16)13-11-9-7-5-4-6-8-10-12-14-17-2/h3-14H2,1-2H3. The van der Waals surface area contributed by atoms with Crippen molar-refractivity contribution in [2.24, 2.45) is 0 Å². The molecule has 0 aliphatic rings. The lowest BCUT2D eigenvalue weighted by atomic mass is 10.1. The van der Waals surface area contributed by atoms with Gasteiger partial charge < -0.3 is 9.47 Å². The summed E-state index contributed by atoms with van der Waals surface area (Å²) in [5.74, 6) is -0.0457. The molecule has 0 heterocycles. The Balaban J connectivity index is 3.01. The highest BCUT2D eigenvalue weighted by molar-refractivity contribution is 5.69. The summed E-state index contributed by atoms with van der Waals surface area (Å²) in [6, 6.07) is 0. The van der Waals surface area contributed by atoms with E-state index in [-0.39, 0.29) is 5.97 Å². The van der Waals surface area contributed by atoms with Gasteiger partial charge in [-0.25, -0.2) is 0 Å². The van der Waals surface area contributed by atoms with Crippen molar-refractivity contribution < 1.29 is 14.3 Å². The molecule has 0 rings (SSSR count). The van der Waals surface area contributed by atoms with Gasteiger partial charge in [0, 0.05) is 20.1 Å². The summed E-state index contributed by atoms with van der Waals surface area (Å²) in [5.41, 5.74) is 0. The summed E-state index contributed by atoms with van der Waals surface area (Å²) < 4.78 is 9.90. The molecule has 3 heteroatoms. The van der Waals surface area contributed by atoms with Crippen LogP contribution in [0.4, 0.5) is 0 Å². The molecule has 0 unspecified atom stereocenters. The number of carbonyl (C=O) groups excluding carboxylic acids is 1. The van der Waals surface area contributed by atoms with Gasteiger partial charge in [0.05, 0.1) is 6.61 Å². The second-order valence-corrected chi connectivity index (χ2v) is 4.73.